The highest BCUT2D eigenvalue weighted by Gasteiger charge is 2.15. The van der Waals surface area contributed by atoms with Crippen molar-refractivity contribution in [3.8, 4) is 0 Å². The molecule has 0 bridgehead atoms. The Morgan fingerprint density at radius 2 is 2.14 bits per heavy atom. The normalized spacial score (nSPS) is 20.5. The standard InChI is InChI=1S/C11H14FN.ClH/c12-11-4-2-1-3-10(11)7-9-5-6-13-8-9;/h1-4,9,13H,5-8H2;1H. The molecule has 2 rings (SSSR count). The van der Waals surface area contributed by atoms with Gasteiger partial charge in [-0.3, -0.25) is 0 Å². The van der Waals surface area contributed by atoms with Crippen LogP contribution in [0.2, 0.25) is 0 Å². The smallest absolute Gasteiger partial charge is 0.126 e. The Hall–Kier alpha value is -0.600. The van der Waals surface area contributed by atoms with Gasteiger partial charge in [-0.1, -0.05) is 18.2 Å². The summed E-state index contributed by atoms with van der Waals surface area (Å²) in [5.74, 6) is 0.561. The van der Waals surface area contributed by atoms with Crippen molar-refractivity contribution in [1.82, 2.24) is 5.32 Å². The molecule has 1 fully saturated rings. The average molecular weight is 216 g/mol. The minimum absolute atomic E-state index is 0. The van der Waals surface area contributed by atoms with Crippen LogP contribution in [0.4, 0.5) is 4.39 Å². The molecule has 78 valence electrons. The maximum absolute atomic E-state index is 13.2. The molecule has 1 unspecified atom stereocenters. The van der Waals surface area contributed by atoms with Crippen LogP contribution in [-0.4, -0.2) is 13.1 Å². The lowest BCUT2D eigenvalue weighted by Crippen LogP contribution is -2.11. The molecule has 1 aromatic carbocycles. The molecule has 1 atom stereocenters. The predicted octanol–water partition coefficient (Wildman–Crippen LogP) is 2.40. The second-order valence-electron chi connectivity index (χ2n) is 3.65. The Labute approximate surface area is 90.1 Å². The fourth-order valence-electron chi connectivity index (χ4n) is 1.86. The lowest BCUT2D eigenvalue weighted by atomic mass is 9.98. The number of halogens is 2. The molecular formula is C11H15ClFN. The van der Waals surface area contributed by atoms with E-state index in [1.54, 1.807) is 6.07 Å². The largest absolute Gasteiger partial charge is 0.316 e. The van der Waals surface area contributed by atoms with Gasteiger partial charge in [0.05, 0.1) is 0 Å². The maximum atomic E-state index is 13.2. The van der Waals surface area contributed by atoms with Gasteiger partial charge in [-0.25, -0.2) is 4.39 Å². The van der Waals surface area contributed by atoms with Gasteiger partial charge in [-0.05, 0) is 43.5 Å². The Morgan fingerprint density at radius 3 is 2.79 bits per heavy atom. The Kier molecular flexibility index (Phi) is 4.36. The lowest BCUT2D eigenvalue weighted by molar-refractivity contribution is 0.544. The van der Waals surface area contributed by atoms with E-state index < -0.39 is 0 Å². The van der Waals surface area contributed by atoms with E-state index in [0.717, 1.165) is 25.1 Å². The van der Waals surface area contributed by atoms with Crippen LogP contribution in [0, 0.1) is 11.7 Å². The van der Waals surface area contributed by atoms with Gasteiger partial charge in [0.2, 0.25) is 0 Å². The number of nitrogens with one attached hydrogen (secondary N) is 1. The summed E-state index contributed by atoms with van der Waals surface area (Å²) in [6.45, 7) is 2.12. The fourth-order valence-corrected chi connectivity index (χ4v) is 1.86. The van der Waals surface area contributed by atoms with E-state index in [1.165, 1.54) is 12.5 Å². The summed E-state index contributed by atoms with van der Waals surface area (Å²) in [6.07, 6.45) is 2.05. The van der Waals surface area contributed by atoms with Crippen LogP contribution < -0.4 is 5.32 Å². The third-order valence-corrected chi connectivity index (χ3v) is 2.63. The van der Waals surface area contributed by atoms with Gasteiger partial charge in [-0.2, -0.15) is 0 Å². The van der Waals surface area contributed by atoms with Crippen molar-refractivity contribution in [3.63, 3.8) is 0 Å². The van der Waals surface area contributed by atoms with Crippen molar-refractivity contribution in [1.29, 1.82) is 0 Å². The van der Waals surface area contributed by atoms with E-state index in [2.05, 4.69) is 5.32 Å². The third kappa shape index (κ3) is 2.69. The molecule has 0 aromatic heterocycles. The zero-order valence-corrected chi connectivity index (χ0v) is 8.82. The van der Waals surface area contributed by atoms with Gasteiger partial charge in [-0.15, -0.1) is 12.4 Å². The topological polar surface area (TPSA) is 12.0 Å². The molecule has 0 amide bonds. The molecule has 0 spiro atoms. The molecule has 14 heavy (non-hydrogen) atoms. The fraction of sp³-hybridized carbons (Fsp3) is 0.455. The van der Waals surface area contributed by atoms with Crippen LogP contribution in [0.3, 0.4) is 0 Å². The molecule has 1 N–H and O–H groups in total. The van der Waals surface area contributed by atoms with Gasteiger partial charge >= 0.3 is 0 Å². The van der Waals surface area contributed by atoms with Gasteiger partial charge in [0.1, 0.15) is 5.82 Å². The first-order chi connectivity index (χ1) is 6.36. The number of hydrogen-bond donors (Lipinski definition) is 1. The van der Waals surface area contributed by atoms with Gasteiger partial charge in [0.15, 0.2) is 0 Å². The van der Waals surface area contributed by atoms with Crippen molar-refractivity contribution < 1.29 is 4.39 Å². The molecule has 1 nitrogen and oxygen atoms in total. The SMILES string of the molecule is Cl.Fc1ccccc1CC1CCNC1. The first-order valence-electron chi connectivity index (χ1n) is 4.80. The van der Waals surface area contributed by atoms with Crippen LogP contribution in [0.15, 0.2) is 24.3 Å². The minimum atomic E-state index is -0.0607. The summed E-state index contributed by atoms with van der Waals surface area (Å²) in [5, 5.41) is 3.29. The highest BCUT2D eigenvalue weighted by molar-refractivity contribution is 5.85. The lowest BCUT2D eigenvalue weighted by Gasteiger charge is -2.08. The predicted molar refractivity (Wildman–Crippen MR) is 58.3 cm³/mol. The second kappa shape index (κ2) is 5.32. The highest BCUT2D eigenvalue weighted by Crippen LogP contribution is 2.17. The molecule has 0 aliphatic carbocycles. The van der Waals surface area contributed by atoms with Crippen molar-refractivity contribution in [2.24, 2.45) is 5.92 Å². The van der Waals surface area contributed by atoms with Crippen LogP contribution in [-0.2, 0) is 6.42 Å². The zero-order chi connectivity index (χ0) is 9.10. The number of rotatable bonds is 2. The number of benzene rings is 1. The van der Waals surface area contributed by atoms with Crippen LogP contribution in [0.25, 0.3) is 0 Å². The Bertz CT molecular complexity index is 284. The number of hydrogen-bond acceptors (Lipinski definition) is 1. The molecule has 1 heterocycles. The Morgan fingerprint density at radius 1 is 1.36 bits per heavy atom. The summed E-state index contributed by atoms with van der Waals surface area (Å²) in [7, 11) is 0. The maximum Gasteiger partial charge on any atom is 0.126 e. The molecule has 1 aromatic rings. The van der Waals surface area contributed by atoms with Gasteiger partial charge in [0, 0.05) is 0 Å². The second-order valence-corrected chi connectivity index (χ2v) is 3.65. The molecule has 3 heteroatoms. The van der Waals surface area contributed by atoms with Crippen molar-refractivity contribution in [3.05, 3.63) is 35.6 Å². The van der Waals surface area contributed by atoms with Crippen LogP contribution in [0.1, 0.15) is 12.0 Å². The van der Waals surface area contributed by atoms with Crippen LogP contribution in [0.5, 0.6) is 0 Å². The first-order valence-corrected chi connectivity index (χ1v) is 4.80. The third-order valence-electron chi connectivity index (χ3n) is 2.63. The van der Waals surface area contributed by atoms with E-state index in [0.29, 0.717) is 5.92 Å². The van der Waals surface area contributed by atoms with Crippen LogP contribution >= 0.6 is 12.4 Å². The summed E-state index contributed by atoms with van der Waals surface area (Å²) < 4.78 is 13.2. The molecule has 1 aliphatic rings. The average Bonchev–Trinajstić information content (AvgIpc) is 2.61. The van der Waals surface area contributed by atoms with E-state index >= 15 is 0 Å². The minimum Gasteiger partial charge on any atom is -0.316 e. The molecular weight excluding hydrogens is 201 g/mol. The van der Waals surface area contributed by atoms with Crippen molar-refractivity contribution >= 4 is 12.4 Å². The molecule has 0 radical (unpaired) electrons. The molecule has 1 saturated heterocycles. The van der Waals surface area contributed by atoms with E-state index in [9.17, 15) is 4.39 Å². The van der Waals surface area contributed by atoms with E-state index in [4.69, 9.17) is 0 Å². The first kappa shape index (κ1) is 11.5. The van der Waals surface area contributed by atoms with Gasteiger partial charge in [0.25, 0.3) is 0 Å². The summed E-state index contributed by atoms with van der Waals surface area (Å²) in [6, 6.07) is 7.07. The molecule has 0 saturated carbocycles. The summed E-state index contributed by atoms with van der Waals surface area (Å²) >= 11 is 0. The summed E-state index contributed by atoms with van der Waals surface area (Å²) in [4.78, 5) is 0. The van der Waals surface area contributed by atoms with E-state index in [-0.39, 0.29) is 18.2 Å². The zero-order valence-electron chi connectivity index (χ0n) is 8.00. The Balaban J connectivity index is 0.000000980. The monoisotopic (exact) mass is 215 g/mol. The highest BCUT2D eigenvalue weighted by atomic mass is 35.5. The van der Waals surface area contributed by atoms with Crippen molar-refractivity contribution in [2.45, 2.75) is 12.8 Å². The van der Waals surface area contributed by atoms with Gasteiger partial charge < -0.3 is 5.32 Å². The summed E-state index contributed by atoms with van der Waals surface area (Å²) in [5.41, 5.74) is 0.858. The van der Waals surface area contributed by atoms with E-state index in [1.807, 2.05) is 12.1 Å². The molecule has 1 aliphatic heterocycles. The quantitative estimate of drug-likeness (QED) is 0.799. The van der Waals surface area contributed by atoms with Crippen molar-refractivity contribution in [2.75, 3.05) is 13.1 Å².